The summed E-state index contributed by atoms with van der Waals surface area (Å²) in [7, 11) is 1.63. The van der Waals surface area contributed by atoms with Crippen molar-refractivity contribution in [2.45, 2.75) is 50.9 Å². The Hall–Kier alpha value is -1.34. The average molecular weight is 379 g/mol. The number of likely N-dealkylation sites (tertiary alicyclic amines) is 2. The molecule has 6 heteroatoms. The molecule has 2 heterocycles. The van der Waals surface area contributed by atoms with Gasteiger partial charge in [0.25, 0.3) is 0 Å². The van der Waals surface area contributed by atoms with Crippen LogP contribution in [0.2, 0.25) is 0 Å². The van der Waals surface area contributed by atoms with Crippen LogP contribution in [-0.2, 0) is 6.54 Å². The first-order valence-electron chi connectivity index (χ1n) is 10.2. The molecule has 2 saturated heterocycles. The van der Waals surface area contributed by atoms with Gasteiger partial charge in [0.1, 0.15) is 12.7 Å². The van der Waals surface area contributed by atoms with E-state index in [0.29, 0.717) is 18.0 Å². The van der Waals surface area contributed by atoms with Crippen LogP contribution in [0.15, 0.2) is 18.2 Å². The van der Waals surface area contributed by atoms with E-state index >= 15 is 0 Å². The molecule has 0 amide bonds. The van der Waals surface area contributed by atoms with Gasteiger partial charge >= 0.3 is 0 Å². The Balaban J connectivity index is 1.47. The summed E-state index contributed by atoms with van der Waals surface area (Å²) in [6, 6.07) is 5.91. The quantitative estimate of drug-likeness (QED) is 0.720. The van der Waals surface area contributed by atoms with Crippen LogP contribution >= 0.6 is 0 Å². The molecule has 3 rings (SSSR count). The summed E-state index contributed by atoms with van der Waals surface area (Å²) < 4.78 is 11.3. The molecule has 1 aromatic carbocycles. The highest BCUT2D eigenvalue weighted by molar-refractivity contribution is 5.43. The fraction of sp³-hybridized carbons (Fsp3) is 0.714. The van der Waals surface area contributed by atoms with Gasteiger partial charge in [0, 0.05) is 26.2 Å². The Morgan fingerprint density at radius 2 is 1.74 bits per heavy atom. The topological polar surface area (TPSA) is 65.4 Å². The molecule has 27 heavy (non-hydrogen) atoms. The number of β-amino-alcohol motifs (C(OH)–C–C–N with tert-alkyl or cyclic N) is 2. The molecule has 0 unspecified atom stereocenters. The van der Waals surface area contributed by atoms with Crippen molar-refractivity contribution in [1.82, 2.24) is 9.80 Å². The number of methoxy groups -OCH3 is 1. The molecule has 1 aromatic rings. The van der Waals surface area contributed by atoms with Gasteiger partial charge in [0.15, 0.2) is 11.5 Å². The summed E-state index contributed by atoms with van der Waals surface area (Å²) in [4.78, 5) is 4.54. The molecular formula is C21H34N2O4. The number of hydrogen-bond donors (Lipinski definition) is 2. The lowest BCUT2D eigenvalue weighted by molar-refractivity contribution is -0.00290. The summed E-state index contributed by atoms with van der Waals surface area (Å²) in [5.74, 6) is 1.35. The van der Waals surface area contributed by atoms with Crippen molar-refractivity contribution in [2.24, 2.45) is 0 Å². The molecule has 152 valence electrons. The number of aliphatic hydroxyl groups is 2. The highest BCUT2D eigenvalue weighted by atomic mass is 16.5. The average Bonchev–Trinajstić information content (AvgIpc) is 2.61. The molecular weight excluding hydrogens is 344 g/mol. The van der Waals surface area contributed by atoms with E-state index in [0.717, 1.165) is 38.3 Å². The molecule has 1 atom stereocenters. The monoisotopic (exact) mass is 378 g/mol. The summed E-state index contributed by atoms with van der Waals surface area (Å²) in [6.45, 7) is 5.32. The molecule has 2 fully saturated rings. The lowest BCUT2D eigenvalue weighted by Crippen LogP contribution is -2.49. The number of benzene rings is 1. The van der Waals surface area contributed by atoms with Crippen LogP contribution in [0.3, 0.4) is 0 Å². The largest absolute Gasteiger partial charge is 0.493 e. The number of aliphatic hydroxyl groups excluding tert-OH is 2. The summed E-state index contributed by atoms with van der Waals surface area (Å²) in [5, 5.41) is 19.8. The fourth-order valence-electron chi connectivity index (χ4n) is 3.89. The molecule has 0 aromatic heterocycles. The van der Waals surface area contributed by atoms with Crippen LogP contribution in [0, 0.1) is 0 Å². The van der Waals surface area contributed by atoms with Crippen LogP contribution in [-0.4, -0.2) is 78.7 Å². The summed E-state index contributed by atoms with van der Waals surface area (Å²) in [6.07, 6.45) is 5.68. The van der Waals surface area contributed by atoms with E-state index in [1.807, 2.05) is 18.2 Å². The van der Waals surface area contributed by atoms with E-state index in [9.17, 15) is 10.2 Å². The van der Waals surface area contributed by atoms with Crippen LogP contribution in [0.1, 0.15) is 37.7 Å². The highest BCUT2D eigenvalue weighted by Crippen LogP contribution is 2.29. The van der Waals surface area contributed by atoms with Crippen molar-refractivity contribution in [2.75, 3.05) is 46.4 Å². The zero-order valence-corrected chi connectivity index (χ0v) is 16.5. The molecule has 0 bridgehead atoms. The molecule has 2 aliphatic heterocycles. The predicted molar refractivity (Wildman–Crippen MR) is 105 cm³/mol. The molecule has 2 aliphatic rings. The maximum absolute atomic E-state index is 10.4. The third kappa shape index (κ3) is 6.35. The van der Waals surface area contributed by atoms with Crippen molar-refractivity contribution in [3.8, 4) is 11.5 Å². The maximum Gasteiger partial charge on any atom is 0.161 e. The van der Waals surface area contributed by atoms with Gasteiger partial charge in [0.05, 0.1) is 13.2 Å². The van der Waals surface area contributed by atoms with E-state index in [1.165, 1.54) is 32.1 Å². The van der Waals surface area contributed by atoms with Crippen LogP contribution in [0.4, 0.5) is 0 Å². The first-order valence-corrected chi connectivity index (χ1v) is 10.2. The molecule has 0 aliphatic carbocycles. The van der Waals surface area contributed by atoms with Crippen LogP contribution in [0.5, 0.6) is 11.5 Å². The Bertz CT molecular complexity index is 569. The first kappa shape index (κ1) is 20.4. The van der Waals surface area contributed by atoms with Crippen LogP contribution < -0.4 is 9.47 Å². The predicted octanol–water partition coefficient (Wildman–Crippen LogP) is 1.88. The molecule has 0 spiro atoms. The van der Waals surface area contributed by atoms with E-state index in [1.54, 1.807) is 7.11 Å². The van der Waals surface area contributed by atoms with Crippen molar-refractivity contribution in [1.29, 1.82) is 0 Å². The van der Waals surface area contributed by atoms with Gasteiger partial charge in [-0.25, -0.2) is 0 Å². The lowest BCUT2D eigenvalue weighted by atomic mass is 10.1. The lowest BCUT2D eigenvalue weighted by Gasteiger charge is -2.35. The maximum atomic E-state index is 10.4. The Morgan fingerprint density at radius 1 is 1.04 bits per heavy atom. The Kier molecular flexibility index (Phi) is 7.76. The minimum absolute atomic E-state index is 0.190. The first-order chi connectivity index (χ1) is 13.1. The molecule has 0 radical (unpaired) electrons. The van der Waals surface area contributed by atoms with Gasteiger partial charge in [-0.1, -0.05) is 25.3 Å². The van der Waals surface area contributed by atoms with Gasteiger partial charge in [-0.15, -0.1) is 0 Å². The number of hydrogen-bond acceptors (Lipinski definition) is 6. The second kappa shape index (κ2) is 10.3. The second-order valence-corrected chi connectivity index (χ2v) is 7.87. The fourth-order valence-corrected chi connectivity index (χ4v) is 3.89. The van der Waals surface area contributed by atoms with E-state index in [2.05, 4.69) is 9.80 Å². The normalized spacial score (nSPS) is 21.1. The SMILES string of the molecule is COc1cc(CN2CC(O)C2)ccc1OC[C@H](O)CN1CCCCCCC1. The smallest absolute Gasteiger partial charge is 0.161 e. The number of nitrogens with zero attached hydrogens (tertiary/aromatic N) is 2. The van der Waals surface area contributed by atoms with E-state index in [-0.39, 0.29) is 12.7 Å². The zero-order chi connectivity index (χ0) is 19.1. The van der Waals surface area contributed by atoms with Gasteiger partial charge in [-0.3, -0.25) is 4.90 Å². The molecule has 6 nitrogen and oxygen atoms in total. The van der Waals surface area contributed by atoms with Crippen molar-refractivity contribution < 1.29 is 19.7 Å². The summed E-state index contributed by atoms with van der Waals surface area (Å²) >= 11 is 0. The zero-order valence-electron chi connectivity index (χ0n) is 16.5. The number of rotatable bonds is 8. The van der Waals surface area contributed by atoms with Gasteiger partial charge in [-0.05, 0) is 43.6 Å². The van der Waals surface area contributed by atoms with E-state index in [4.69, 9.17) is 9.47 Å². The third-order valence-electron chi connectivity index (χ3n) is 5.42. The Labute approximate surface area is 162 Å². The van der Waals surface area contributed by atoms with Crippen molar-refractivity contribution in [3.05, 3.63) is 23.8 Å². The molecule has 2 N–H and O–H groups in total. The highest BCUT2D eigenvalue weighted by Gasteiger charge is 2.24. The van der Waals surface area contributed by atoms with Crippen molar-refractivity contribution >= 4 is 0 Å². The summed E-state index contributed by atoms with van der Waals surface area (Å²) in [5.41, 5.74) is 1.13. The van der Waals surface area contributed by atoms with Gasteiger partial charge in [0.2, 0.25) is 0 Å². The third-order valence-corrected chi connectivity index (χ3v) is 5.42. The van der Waals surface area contributed by atoms with E-state index < -0.39 is 6.10 Å². The van der Waals surface area contributed by atoms with Gasteiger partial charge < -0.3 is 24.6 Å². The van der Waals surface area contributed by atoms with Crippen LogP contribution in [0.25, 0.3) is 0 Å². The minimum Gasteiger partial charge on any atom is -0.493 e. The molecule has 0 saturated carbocycles. The minimum atomic E-state index is -0.503. The standard InChI is InChI=1S/C21H34N2O4/c1-26-21-11-17(12-23-13-18(24)14-23)7-8-20(21)27-16-19(25)15-22-9-5-3-2-4-6-10-22/h7-8,11,18-19,24-25H,2-6,9-10,12-16H2,1H3/t19-/m1/s1. The van der Waals surface area contributed by atoms with Gasteiger partial charge in [-0.2, -0.15) is 0 Å². The second-order valence-electron chi connectivity index (χ2n) is 7.87. The van der Waals surface area contributed by atoms with Crippen molar-refractivity contribution in [3.63, 3.8) is 0 Å². The number of ether oxygens (including phenoxy) is 2. The Morgan fingerprint density at radius 3 is 2.41 bits per heavy atom.